The van der Waals surface area contributed by atoms with E-state index in [4.69, 9.17) is 19.2 Å². The number of aromatic nitrogens is 1. The van der Waals surface area contributed by atoms with Crippen molar-refractivity contribution in [3.8, 4) is 28.5 Å². The van der Waals surface area contributed by atoms with E-state index in [-0.39, 0.29) is 5.69 Å². The highest BCUT2D eigenvalue weighted by Crippen LogP contribution is 2.45. The van der Waals surface area contributed by atoms with Gasteiger partial charge in [0.05, 0.1) is 31.9 Å². The number of fused-ring (bicyclic) bond motifs is 1. The van der Waals surface area contributed by atoms with Crippen LogP contribution in [-0.2, 0) is 0 Å². The van der Waals surface area contributed by atoms with Crippen LogP contribution in [0.2, 0.25) is 0 Å². The summed E-state index contributed by atoms with van der Waals surface area (Å²) in [5.41, 5.74) is 1.59. The maximum atomic E-state index is 11.0. The highest BCUT2D eigenvalue weighted by atomic mass is 32.2. The third-order valence-electron chi connectivity index (χ3n) is 4.96. The summed E-state index contributed by atoms with van der Waals surface area (Å²) in [7, 11) is 4.70. The molecular weight excluding hydrogens is 428 g/mol. The lowest BCUT2D eigenvalue weighted by molar-refractivity contribution is -0.384. The van der Waals surface area contributed by atoms with Crippen LogP contribution in [-0.4, -0.2) is 31.2 Å². The predicted octanol–water partition coefficient (Wildman–Crippen LogP) is 5.99. The number of pyridine rings is 1. The van der Waals surface area contributed by atoms with Crippen LogP contribution in [0.15, 0.2) is 76.7 Å². The Labute approximate surface area is 189 Å². The molecule has 0 saturated heterocycles. The summed E-state index contributed by atoms with van der Waals surface area (Å²) in [6.45, 7) is 0. The van der Waals surface area contributed by atoms with Gasteiger partial charge in [0, 0.05) is 39.1 Å². The minimum absolute atomic E-state index is 0.0512. The van der Waals surface area contributed by atoms with Crippen LogP contribution in [0.3, 0.4) is 0 Å². The summed E-state index contributed by atoms with van der Waals surface area (Å²) in [5.74, 6) is 1.57. The van der Waals surface area contributed by atoms with Crippen LogP contribution < -0.4 is 14.2 Å². The second-order valence-electron chi connectivity index (χ2n) is 6.79. The van der Waals surface area contributed by atoms with Crippen molar-refractivity contribution in [3.05, 3.63) is 77.0 Å². The lowest BCUT2D eigenvalue weighted by atomic mass is 10.1. The first-order valence-electron chi connectivity index (χ1n) is 9.66. The maximum absolute atomic E-state index is 11.0. The third-order valence-corrected chi connectivity index (χ3v) is 6.08. The molecule has 0 atom stereocenters. The summed E-state index contributed by atoms with van der Waals surface area (Å²) in [5, 5.41) is 13.0. The van der Waals surface area contributed by atoms with Crippen molar-refractivity contribution < 1.29 is 19.1 Å². The predicted molar refractivity (Wildman–Crippen MR) is 124 cm³/mol. The topological polar surface area (TPSA) is 83.7 Å². The number of hydrogen-bond donors (Lipinski definition) is 0. The van der Waals surface area contributed by atoms with Crippen LogP contribution >= 0.6 is 11.8 Å². The number of nitrogens with zero attached hydrogens (tertiary/aromatic N) is 2. The Hall–Kier alpha value is -3.78. The van der Waals surface area contributed by atoms with Crippen LogP contribution in [0, 0.1) is 10.1 Å². The van der Waals surface area contributed by atoms with E-state index in [1.54, 1.807) is 33.5 Å². The quantitative estimate of drug-likeness (QED) is 0.254. The molecule has 0 spiro atoms. The smallest absolute Gasteiger partial charge is 0.269 e. The molecule has 32 heavy (non-hydrogen) atoms. The van der Waals surface area contributed by atoms with Gasteiger partial charge in [-0.1, -0.05) is 36.0 Å². The Morgan fingerprint density at radius 2 is 1.56 bits per heavy atom. The van der Waals surface area contributed by atoms with E-state index in [1.165, 1.54) is 23.9 Å². The molecule has 8 heteroatoms. The number of rotatable bonds is 7. The first-order valence-corrected chi connectivity index (χ1v) is 10.5. The molecule has 1 aromatic heterocycles. The minimum Gasteiger partial charge on any atom is -0.493 e. The molecule has 0 bridgehead atoms. The van der Waals surface area contributed by atoms with E-state index in [1.807, 2.05) is 42.6 Å². The summed E-state index contributed by atoms with van der Waals surface area (Å²) in [6.07, 6.45) is 1.83. The van der Waals surface area contributed by atoms with Gasteiger partial charge in [-0.2, -0.15) is 0 Å². The van der Waals surface area contributed by atoms with Crippen molar-refractivity contribution in [2.45, 2.75) is 9.79 Å². The largest absolute Gasteiger partial charge is 0.493 e. The number of methoxy groups -OCH3 is 3. The Balaban J connectivity index is 1.90. The Bertz CT molecular complexity index is 1270. The van der Waals surface area contributed by atoms with Gasteiger partial charge in [-0.3, -0.25) is 15.1 Å². The molecule has 4 aromatic rings. The van der Waals surface area contributed by atoms with E-state index >= 15 is 0 Å². The number of ether oxygens (including phenoxy) is 3. The maximum Gasteiger partial charge on any atom is 0.269 e. The van der Waals surface area contributed by atoms with E-state index in [0.29, 0.717) is 17.2 Å². The minimum atomic E-state index is -0.407. The highest BCUT2D eigenvalue weighted by molar-refractivity contribution is 7.99. The number of benzene rings is 3. The Morgan fingerprint density at radius 1 is 0.906 bits per heavy atom. The van der Waals surface area contributed by atoms with Gasteiger partial charge in [0.2, 0.25) is 5.75 Å². The van der Waals surface area contributed by atoms with E-state index < -0.39 is 4.92 Å². The Kier molecular flexibility index (Phi) is 6.13. The van der Waals surface area contributed by atoms with Crippen molar-refractivity contribution in [2.75, 3.05) is 21.3 Å². The van der Waals surface area contributed by atoms with Gasteiger partial charge in [0.15, 0.2) is 11.5 Å². The fourth-order valence-corrected chi connectivity index (χ4v) is 4.49. The highest BCUT2D eigenvalue weighted by Gasteiger charge is 2.19. The van der Waals surface area contributed by atoms with Crippen LogP contribution in [0.4, 0.5) is 5.69 Å². The SMILES string of the molecule is COc1cc(-c2ncc3ccccc3c2Sc2ccc([N+](=O)[O-])cc2)cc(OC)c1OC. The molecule has 0 amide bonds. The zero-order chi connectivity index (χ0) is 22.7. The fourth-order valence-electron chi connectivity index (χ4n) is 3.42. The molecular formula is C24H20N2O5S. The molecule has 1 heterocycles. The van der Waals surface area contributed by atoms with Crippen LogP contribution in [0.25, 0.3) is 22.0 Å². The molecule has 0 saturated carbocycles. The number of nitro groups is 1. The number of nitro benzene ring substituents is 1. The van der Waals surface area contributed by atoms with Crippen LogP contribution in [0.1, 0.15) is 0 Å². The average Bonchev–Trinajstić information content (AvgIpc) is 2.83. The van der Waals surface area contributed by atoms with E-state index in [2.05, 4.69) is 0 Å². The molecule has 0 aliphatic carbocycles. The van der Waals surface area contributed by atoms with Crippen molar-refractivity contribution in [3.63, 3.8) is 0 Å². The van der Waals surface area contributed by atoms with Gasteiger partial charge < -0.3 is 14.2 Å². The zero-order valence-corrected chi connectivity index (χ0v) is 18.5. The molecule has 0 fully saturated rings. The van der Waals surface area contributed by atoms with Crippen molar-refractivity contribution in [1.82, 2.24) is 4.98 Å². The fraction of sp³-hybridized carbons (Fsp3) is 0.125. The molecule has 162 valence electrons. The van der Waals surface area contributed by atoms with Gasteiger partial charge in [-0.15, -0.1) is 0 Å². The normalized spacial score (nSPS) is 10.7. The molecule has 3 aromatic carbocycles. The van der Waals surface area contributed by atoms with Gasteiger partial charge in [0.1, 0.15) is 0 Å². The van der Waals surface area contributed by atoms with Crippen molar-refractivity contribution >= 4 is 28.2 Å². The van der Waals surface area contributed by atoms with Gasteiger partial charge in [-0.25, -0.2) is 0 Å². The molecule has 0 radical (unpaired) electrons. The molecule has 0 N–H and O–H groups in total. The lowest BCUT2D eigenvalue weighted by Gasteiger charge is -2.16. The zero-order valence-electron chi connectivity index (χ0n) is 17.7. The molecule has 4 rings (SSSR count). The van der Waals surface area contributed by atoms with Gasteiger partial charge in [-0.05, 0) is 29.7 Å². The van der Waals surface area contributed by atoms with Gasteiger partial charge in [0.25, 0.3) is 5.69 Å². The standard InChI is InChI=1S/C24H20N2O5S/c1-29-20-12-16(13-21(30-2)23(20)31-3)22-24(19-7-5-4-6-15(19)14-25-22)32-18-10-8-17(9-11-18)26(27)28/h4-14H,1-3H3. The lowest BCUT2D eigenvalue weighted by Crippen LogP contribution is -1.97. The first kappa shape index (κ1) is 21.5. The monoisotopic (exact) mass is 448 g/mol. The second-order valence-corrected chi connectivity index (χ2v) is 7.87. The first-order chi connectivity index (χ1) is 15.5. The van der Waals surface area contributed by atoms with Gasteiger partial charge >= 0.3 is 0 Å². The van der Waals surface area contributed by atoms with Crippen molar-refractivity contribution in [1.29, 1.82) is 0 Å². The molecule has 0 aliphatic heterocycles. The van der Waals surface area contributed by atoms with E-state index in [0.717, 1.165) is 31.8 Å². The molecule has 7 nitrogen and oxygen atoms in total. The third kappa shape index (κ3) is 4.04. The second kappa shape index (κ2) is 9.15. The summed E-state index contributed by atoms with van der Waals surface area (Å²) in [4.78, 5) is 17.1. The average molecular weight is 449 g/mol. The number of non-ortho nitro benzene ring substituents is 1. The van der Waals surface area contributed by atoms with E-state index in [9.17, 15) is 10.1 Å². The Morgan fingerprint density at radius 3 is 2.16 bits per heavy atom. The van der Waals surface area contributed by atoms with Crippen molar-refractivity contribution in [2.24, 2.45) is 0 Å². The number of hydrogen-bond acceptors (Lipinski definition) is 7. The van der Waals surface area contributed by atoms with Crippen LogP contribution in [0.5, 0.6) is 17.2 Å². The summed E-state index contributed by atoms with van der Waals surface area (Å²) in [6, 6.07) is 18.2. The summed E-state index contributed by atoms with van der Waals surface area (Å²) >= 11 is 1.50. The molecule has 0 aliphatic rings. The molecule has 0 unspecified atom stereocenters. The summed E-state index contributed by atoms with van der Waals surface area (Å²) < 4.78 is 16.5.